The molecule has 0 aliphatic carbocycles. The van der Waals surface area contributed by atoms with E-state index >= 15 is 0 Å². The summed E-state index contributed by atoms with van der Waals surface area (Å²) in [5, 5.41) is 14.6. The van der Waals surface area contributed by atoms with E-state index in [0.717, 1.165) is 32.7 Å². The molecule has 0 spiro atoms. The largest absolute Gasteiger partial charge is 0.241 e. The Morgan fingerprint density at radius 2 is 1.69 bits per heavy atom. The summed E-state index contributed by atoms with van der Waals surface area (Å²) in [6, 6.07) is 21.9. The van der Waals surface area contributed by atoms with Gasteiger partial charge in [0.15, 0.2) is 0 Å². The standard InChI is InChI=1S/C20H15ClN4S/c21-17-6-2-15(3-7-17)14-26-20-11-10-19(23-24-20)16-4-8-18(9-5-16)25-13-1-12-22-25/h1-13H,14H2. The summed E-state index contributed by atoms with van der Waals surface area (Å²) in [6.07, 6.45) is 3.68. The Kier molecular flexibility index (Phi) is 5.00. The van der Waals surface area contributed by atoms with Gasteiger partial charge in [-0.1, -0.05) is 47.6 Å². The molecule has 2 aromatic carbocycles. The number of hydrogen-bond donors (Lipinski definition) is 0. The lowest BCUT2D eigenvalue weighted by molar-refractivity contribution is 0.880. The van der Waals surface area contributed by atoms with E-state index in [1.807, 2.05) is 77.6 Å². The molecule has 2 heterocycles. The predicted molar refractivity (Wildman–Crippen MR) is 106 cm³/mol. The predicted octanol–water partition coefficient (Wildman–Crippen LogP) is 5.28. The van der Waals surface area contributed by atoms with Gasteiger partial charge in [0.1, 0.15) is 5.03 Å². The third kappa shape index (κ3) is 3.95. The van der Waals surface area contributed by atoms with Crippen molar-refractivity contribution in [2.45, 2.75) is 10.8 Å². The lowest BCUT2D eigenvalue weighted by Gasteiger charge is -2.05. The molecule has 6 heteroatoms. The second-order valence-electron chi connectivity index (χ2n) is 5.67. The molecule has 0 unspecified atom stereocenters. The Morgan fingerprint density at radius 3 is 2.35 bits per heavy atom. The van der Waals surface area contributed by atoms with Gasteiger partial charge in [-0.25, -0.2) is 4.68 Å². The molecule has 0 bridgehead atoms. The molecular formula is C20H15ClN4S. The molecule has 0 aliphatic rings. The van der Waals surface area contributed by atoms with E-state index in [1.165, 1.54) is 5.56 Å². The lowest BCUT2D eigenvalue weighted by atomic mass is 10.1. The maximum atomic E-state index is 5.91. The van der Waals surface area contributed by atoms with Gasteiger partial charge in [0.05, 0.1) is 11.4 Å². The van der Waals surface area contributed by atoms with Gasteiger partial charge in [0.25, 0.3) is 0 Å². The van der Waals surface area contributed by atoms with Crippen LogP contribution in [0.5, 0.6) is 0 Å². The molecule has 4 nitrogen and oxygen atoms in total. The van der Waals surface area contributed by atoms with Crippen LogP contribution in [0.2, 0.25) is 5.02 Å². The molecule has 0 radical (unpaired) electrons. The van der Waals surface area contributed by atoms with Gasteiger partial charge in [-0.2, -0.15) is 5.10 Å². The third-order valence-corrected chi connectivity index (χ3v) is 5.12. The number of aromatic nitrogens is 4. The maximum absolute atomic E-state index is 5.91. The van der Waals surface area contributed by atoms with Crippen LogP contribution in [-0.4, -0.2) is 20.0 Å². The molecule has 0 N–H and O–H groups in total. The summed E-state index contributed by atoms with van der Waals surface area (Å²) in [6.45, 7) is 0. The average molecular weight is 379 g/mol. The minimum atomic E-state index is 0.751. The molecule has 0 fully saturated rings. The van der Waals surface area contributed by atoms with Gasteiger partial charge in [0.2, 0.25) is 0 Å². The van der Waals surface area contributed by atoms with Crippen molar-refractivity contribution >= 4 is 23.4 Å². The fourth-order valence-corrected chi connectivity index (χ4v) is 3.39. The van der Waals surface area contributed by atoms with Gasteiger partial charge in [0, 0.05) is 28.7 Å². The van der Waals surface area contributed by atoms with Crippen molar-refractivity contribution in [1.82, 2.24) is 20.0 Å². The van der Waals surface area contributed by atoms with Crippen LogP contribution in [0.1, 0.15) is 5.56 Å². The van der Waals surface area contributed by atoms with Crippen molar-refractivity contribution in [2.75, 3.05) is 0 Å². The highest BCUT2D eigenvalue weighted by molar-refractivity contribution is 7.98. The summed E-state index contributed by atoms with van der Waals surface area (Å²) in [4.78, 5) is 0. The fourth-order valence-electron chi connectivity index (χ4n) is 2.50. The highest BCUT2D eigenvalue weighted by Crippen LogP contribution is 2.24. The van der Waals surface area contributed by atoms with E-state index in [1.54, 1.807) is 18.0 Å². The zero-order valence-corrected chi connectivity index (χ0v) is 15.4. The summed E-state index contributed by atoms with van der Waals surface area (Å²) in [7, 11) is 0. The Balaban J connectivity index is 1.43. The molecule has 2 aromatic heterocycles. The number of hydrogen-bond acceptors (Lipinski definition) is 4. The molecule has 0 aliphatic heterocycles. The third-order valence-electron chi connectivity index (χ3n) is 3.87. The number of benzene rings is 2. The highest BCUT2D eigenvalue weighted by atomic mass is 35.5. The summed E-state index contributed by atoms with van der Waals surface area (Å²) >= 11 is 7.56. The van der Waals surface area contributed by atoms with E-state index < -0.39 is 0 Å². The van der Waals surface area contributed by atoms with Crippen LogP contribution in [0.25, 0.3) is 16.9 Å². The second kappa shape index (κ2) is 7.72. The first-order valence-corrected chi connectivity index (χ1v) is 9.46. The minimum Gasteiger partial charge on any atom is -0.241 e. The van der Waals surface area contributed by atoms with Gasteiger partial charge in [-0.05, 0) is 48.0 Å². The van der Waals surface area contributed by atoms with Gasteiger partial charge < -0.3 is 0 Å². The van der Waals surface area contributed by atoms with Crippen LogP contribution in [0.3, 0.4) is 0 Å². The van der Waals surface area contributed by atoms with Crippen LogP contribution in [0.4, 0.5) is 0 Å². The Morgan fingerprint density at radius 1 is 0.885 bits per heavy atom. The summed E-state index contributed by atoms with van der Waals surface area (Å²) in [5.74, 6) is 0.837. The molecule has 4 aromatic rings. The van der Waals surface area contributed by atoms with E-state index in [9.17, 15) is 0 Å². The lowest BCUT2D eigenvalue weighted by Crippen LogP contribution is -1.94. The molecule has 0 saturated carbocycles. The van der Waals surface area contributed by atoms with Crippen molar-refractivity contribution in [2.24, 2.45) is 0 Å². The average Bonchev–Trinajstić information content (AvgIpc) is 3.23. The monoisotopic (exact) mass is 378 g/mol. The molecule has 26 heavy (non-hydrogen) atoms. The second-order valence-corrected chi connectivity index (χ2v) is 7.10. The number of thioether (sulfide) groups is 1. The van der Waals surface area contributed by atoms with Gasteiger partial charge >= 0.3 is 0 Å². The molecule has 0 atom stereocenters. The van der Waals surface area contributed by atoms with Crippen molar-refractivity contribution in [1.29, 1.82) is 0 Å². The molecule has 128 valence electrons. The van der Waals surface area contributed by atoms with Gasteiger partial charge in [-0.15, -0.1) is 10.2 Å². The molecular weight excluding hydrogens is 364 g/mol. The van der Waals surface area contributed by atoms with Crippen LogP contribution in [0.15, 0.2) is 84.1 Å². The van der Waals surface area contributed by atoms with Crippen LogP contribution >= 0.6 is 23.4 Å². The highest BCUT2D eigenvalue weighted by Gasteiger charge is 2.04. The van der Waals surface area contributed by atoms with Crippen molar-refractivity contribution in [3.63, 3.8) is 0 Å². The first kappa shape index (κ1) is 16.8. The number of nitrogens with zero attached hydrogens (tertiary/aromatic N) is 4. The summed E-state index contributed by atoms with van der Waals surface area (Å²) in [5.41, 5.74) is 4.11. The van der Waals surface area contributed by atoms with Crippen LogP contribution < -0.4 is 0 Å². The maximum Gasteiger partial charge on any atom is 0.119 e. The number of halogens is 1. The topological polar surface area (TPSA) is 43.6 Å². The summed E-state index contributed by atoms with van der Waals surface area (Å²) < 4.78 is 1.83. The SMILES string of the molecule is Clc1ccc(CSc2ccc(-c3ccc(-n4cccn4)cc3)nn2)cc1. The minimum absolute atomic E-state index is 0.751. The normalized spacial score (nSPS) is 10.8. The van der Waals surface area contributed by atoms with Crippen LogP contribution in [0, 0.1) is 0 Å². The Hall–Kier alpha value is -2.63. The Labute approximate surface area is 160 Å². The van der Waals surface area contributed by atoms with E-state index in [-0.39, 0.29) is 0 Å². The van der Waals surface area contributed by atoms with E-state index in [0.29, 0.717) is 0 Å². The van der Waals surface area contributed by atoms with E-state index in [4.69, 9.17) is 11.6 Å². The van der Waals surface area contributed by atoms with Crippen molar-refractivity contribution in [3.8, 4) is 16.9 Å². The first-order valence-electron chi connectivity index (χ1n) is 8.09. The zero-order valence-electron chi connectivity index (χ0n) is 13.8. The molecule has 0 saturated heterocycles. The van der Waals surface area contributed by atoms with Crippen molar-refractivity contribution < 1.29 is 0 Å². The molecule has 4 rings (SSSR count). The fraction of sp³-hybridized carbons (Fsp3) is 0.0500. The molecule has 0 amide bonds. The quantitative estimate of drug-likeness (QED) is 0.443. The number of rotatable bonds is 5. The van der Waals surface area contributed by atoms with E-state index in [2.05, 4.69) is 15.3 Å². The first-order chi connectivity index (χ1) is 12.8. The van der Waals surface area contributed by atoms with Crippen molar-refractivity contribution in [3.05, 3.63) is 89.7 Å². The van der Waals surface area contributed by atoms with Gasteiger partial charge in [-0.3, -0.25) is 0 Å². The zero-order chi connectivity index (χ0) is 17.8. The smallest absolute Gasteiger partial charge is 0.119 e. The Bertz CT molecular complexity index is 966. The van der Waals surface area contributed by atoms with Crippen LogP contribution in [-0.2, 0) is 5.75 Å².